The van der Waals surface area contributed by atoms with Crippen molar-refractivity contribution in [2.45, 2.75) is 91.1 Å². The monoisotopic (exact) mass is 718 g/mol. The van der Waals surface area contributed by atoms with Crippen molar-refractivity contribution in [3.05, 3.63) is 71.8 Å². The molecule has 0 bridgehead atoms. The standard InChI is InChI=1S/2C20H25NO5/c2*1-12-20(18(23)25-6)15(13-7-9-14(24-5)10-8-13)11-16(22)21(20)17(26-12)19(2,3)4/h2*7-12,17H,1-6H3/t2*12-,17-,20-/m11/s1. The van der Waals surface area contributed by atoms with Crippen molar-refractivity contribution in [1.82, 2.24) is 9.80 Å². The van der Waals surface area contributed by atoms with Crippen LogP contribution in [0.4, 0.5) is 0 Å². The highest BCUT2D eigenvalue weighted by atomic mass is 16.6. The van der Waals surface area contributed by atoms with Crippen LogP contribution in [0.3, 0.4) is 0 Å². The quantitative estimate of drug-likeness (QED) is 0.366. The number of methoxy groups -OCH3 is 4. The van der Waals surface area contributed by atoms with Gasteiger partial charge in [0.05, 0.1) is 40.6 Å². The van der Waals surface area contributed by atoms with E-state index in [9.17, 15) is 19.2 Å². The van der Waals surface area contributed by atoms with Crippen molar-refractivity contribution in [2.75, 3.05) is 28.4 Å². The molecule has 280 valence electrons. The first kappa shape index (κ1) is 38.5. The van der Waals surface area contributed by atoms with Crippen LogP contribution < -0.4 is 9.47 Å². The molecule has 4 heterocycles. The number of nitrogens with zero attached hydrogens (tertiary/aromatic N) is 2. The molecule has 0 aliphatic carbocycles. The molecule has 0 spiro atoms. The van der Waals surface area contributed by atoms with Crippen LogP contribution >= 0.6 is 0 Å². The third-order valence-corrected chi connectivity index (χ3v) is 10.2. The lowest BCUT2D eigenvalue weighted by Gasteiger charge is -2.38. The predicted molar refractivity (Wildman–Crippen MR) is 193 cm³/mol. The number of esters is 2. The Bertz CT molecular complexity index is 1650. The first-order valence-electron chi connectivity index (χ1n) is 17.2. The summed E-state index contributed by atoms with van der Waals surface area (Å²) in [6, 6.07) is 14.6. The smallest absolute Gasteiger partial charge is 0.339 e. The van der Waals surface area contributed by atoms with Gasteiger partial charge in [0, 0.05) is 34.1 Å². The number of hydrogen-bond donors (Lipinski definition) is 0. The van der Waals surface area contributed by atoms with Gasteiger partial charge in [-0.2, -0.15) is 0 Å². The van der Waals surface area contributed by atoms with Gasteiger partial charge < -0.3 is 28.4 Å². The maximum Gasteiger partial charge on any atom is 0.339 e. The first-order valence-corrected chi connectivity index (χ1v) is 17.2. The fourth-order valence-corrected chi connectivity index (χ4v) is 7.74. The van der Waals surface area contributed by atoms with Gasteiger partial charge in [0.25, 0.3) is 0 Å². The fraction of sp³-hybridized carbons (Fsp3) is 0.500. The topological polar surface area (TPSA) is 130 Å². The lowest BCUT2D eigenvalue weighted by atomic mass is 9.81. The van der Waals surface area contributed by atoms with Crippen LogP contribution in [0.1, 0.15) is 66.5 Å². The minimum absolute atomic E-state index is 0.245. The van der Waals surface area contributed by atoms with E-state index in [4.69, 9.17) is 28.4 Å². The summed E-state index contributed by atoms with van der Waals surface area (Å²) in [6.07, 6.45) is 0.901. The molecular formula is C40H50N2O10. The summed E-state index contributed by atoms with van der Waals surface area (Å²) in [6.45, 7) is 15.5. The molecular weight excluding hydrogens is 668 g/mol. The zero-order valence-electron chi connectivity index (χ0n) is 32.1. The minimum Gasteiger partial charge on any atom is -0.497 e. The zero-order valence-corrected chi connectivity index (χ0v) is 32.1. The molecule has 6 rings (SSSR count). The Morgan fingerprint density at radius 1 is 0.596 bits per heavy atom. The number of fused-ring (bicyclic) bond motifs is 2. The Hall–Kier alpha value is -4.68. The lowest BCUT2D eigenvalue weighted by Crippen LogP contribution is -2.58. The Kier molecular flexibility index (Phi) is 10.2. The molecule has 4 aliphatic heterocycles. The van der Waals surface area contributed by atoms with Crippen LogP contribution in [0.2, 0.25) is 0 Å². The highest BCUT2D eigenvalue weighted by Crippen LogP contribution is 2.53. The van der Waals surface area contributed by atoms with Crippen molar-refractivity contribution in [3.63, 3.8) is 0 Å². The van der Waals surface area contributed by atoms with E-state index in [-0.39, 0.29) is 22.6 Å². The molecule has 0 unspecified atom stereocenters. The first-order chi connectivity index (χ1) is 24.3. The summed E-state index contributed by atoms with van der Waals surface area (Å²) in [5.41, 5.74) is -0.593. The molecule has 0 N–H and O–H groups in total. The number of benzene rings is 2. The van der Waals surface area contributed by atoms with E-state index in [0.717, 1.165) is 11.1 Å². The van der Waals surface area contributed by atoms with Gasteiger partial charge in [0.15, 0.2) is 11.1 Å². The van der Waals surface area contributed by atoms with Crippen molar-refractivity contribution in [1.29, 1.82) is 0 Å². The van der Waals surface area contributed by atoms with Crippen molar-refractivity contribution < 1.29 is 47.6 Å². The van der Waals surface area contributed by atoms with Crippen molar-refractivity contribution in [2.24, 2.45) is 10.8 Å². The van der Waals surface area contributed by atoms with E-state index in [1.54, 1.807) is 48.3 Å². The van der Waals surface area contributed by atoms with Gasteiger partial charge in [-0.05, 0) is 49.2 Å². The molecule has 0 aromatic heterocycles. The molecule has 0 saturated carbocycles. The summed E-state index contributed by atoms with van der Waals surface area (Å²) >= 11 is 0. The van der Waals surface area contributed by atoms with Crippen LogP contribution in [0.15, 0.2) is 60.7 Å². The van der Waals surface area contributed by atoms with Crippen LogP contribution in [0.5, 0.6) is 11.5 Å². The average Bonchev–Trinajstić information content (AvgIpc) is 3.81. The van der Waals surface area contributed by atoms with Crippen LogP contribution in [0, 0.1) is 10.8 Å². The van der Waals surface area contributed by atoms with Crippen LogP contribution in [0.25, 0.3) is 11.1 Å². The van der Waals surface area contributed by atoms with E-state index < -0.39 is 47.7 Å². The maximum atomic E-state index is 13.0. The Labute approximate surface area is 305 Å². The van der Waals surface area contributed by atoms with Crippen LogP contribution in [-0.4, -0.2) is 97.7 Å². The second kappa shape index (κ2) is 13.7. The molecule has 2 saturated heterocycles. The second-order valence-corrected chi connectivity index (χ2v) is 15.5. The average molecular weight is 719 g/mol. The van der Waals surface area contributed by atoms with Gasteiger partial charge in [-0.25, -0.2) is 9.59 Å². The van der Waals surface area contributed by atoms with Crippen LogP contribution in [-0.2, 0) is 38.1 Å². The molecule has 12 nitrogen and oxygen atoms in total. The number of ether oxygens (including phenoxy) is 6. The second-order valence-electron chi connectivity index (χ2n) is 15.5. The Morgan fingerprint density at radius 2 is 0.904 bits per heavy atom. The largest absolute Gasteiger partial charge is 0.497 e. The van der Waals surface area contributed by atoms with Gasteiger partial charge in [0.2, 0.25) is 11.8 Å². The van der Waals surface area contributed by atoms with Gasteiger partial charge in [-0.15, -0.1) is 0 Å². The molecule has 2 aromatic carbocycles. The van der Waals surface area contributed by atoms with E-state index in [2.05, 4.69) is 0 Å². The molecule has 2 fully saturated rings. The number of carbonyl (C=O) groups excluding carboxylic acids is 4. The molecule has 0 radical (unpaired) electrons. The summed E-state index contributed by atoms with van der Waals surface area (Å²) in [5, 5.41) is 0. The van der Waals surface area contributed by atoms with Gasteiger partial charge in [0.1, 0.15) is 24.0 Å². The Morgan fingerprint density at radius 3 is 1.15 bits per heavy atom. The van der Waals surface area contributed by atoms with Gasteiger partial charge in [-0.1, -0.05) is 65.8 Å². The van der Waals surface area contributed by atoms with E-state index >= 15 is 0 Å². The number of amides is 2. The number of hydrogen-bond acceptors (Lipinski definition) is 10. The summed E-state index contributed by atoms with van der Waals surface area (Å²) in [4.78, 5) is 54.9. The summed E-state index contributed by atoms with van der Waals surface area (Å²) in [7, 11) is 5.85. The minimum atomic E-state index is -1.29. The molecule has 4 aliphatic rings. The van der Waals surface area contributed by atoms with Crippen molar-refractivity contribution >= 4 is 34.9 Å². The molecule has 2 amide bonds. The number of rotatable bonds is 6. The summed E-state index contributed by atoms with van der Waals surface area (Å²) < 4.78 is 32.9. The molecule has 12 heteroatoms. The molecule has 6 atom stereocenters. The van der Waals surface area contributed by atoms with E-state index in [0.29, 0.717) is 22.6 Å². The fourth-order valence-electron chi connectivity index (χ4n) is 7.74. The maximum absolute atomic E-state index is 13.0. The van der Waals surface area contributed by atoms with E-state index in [1.807, 2.05) is 79.7 Å². The zero-order chi connectivity index (χ0) is 38.6. The normalized spacial score (nSPS) is 28.0. The lowest BCUT2D eigenvalue weighted by molar-refractivity contribution is -0.156. The molecule has 2 aromatic rings. The van der Waals surface area contributed by atoms with Crippen molar-refractivity contribution in [3.8, 4) is 11.5 Å². The molecule has 52 heavy (non-hydrogen) atoms. The highest BCUT2D eigenvalue weighted by Gasteiger charge is 2.68. The van der Waals surface area contributed by atoms with Gasteiger partial charge >= 0.3 is 11.9 Å². The van der Waals surface area contributed by atoms with Gasteiger partial charge in [-0.3, -0.25) is 19.4 Å². The predicted octanol–water partition coefficient (Wildman–Crippen LogP) is 5.25. The number of carbonyl (C=O) groups is 4. The SMILES string of the molecule is COC(=O)[C@@]12C(c3ccc(OC)cc3)=CC(=O)N1[C@@H](C(C)(C)C)O[C@@H]2C.COC(=O)[C@@]12C(c3ccc(OC)cc3)=CC(=O)N1[C@@H](C(C)(C)C)O[C@@H]2C. The third-order valence-electron chi connectivity index (χ3n) is 10.2. The Balaban J connectivity index is 0.000000201. The van der Waals surface area contributed by atoms with E-state index in [1.165, 1.54) is 26.4 Å². The summed E-state index contributed by atoms with van der Waals surface area (Å²) in [5.74, 6) is -0.0813. The third kappa shape index (κ3) is 5.85. The highest BCUT2D eigenvalue weighted by molar-refractivity contribution is 6.15.